The van der Waals surface area contributed by atoms with E-state index >= 15 is 0 Å². The maximum Gasteiger partial charge on any atom is 0.0541 e. The van der Waals surface area contributed by atoms with E-state index in [0.717, 1.165) is 6.42 Å². The van der Waals surface area contributed by atoms with Gasteiger partial charge in [0.2, 0.25) is 0 Å². The Hall–Kier alpha value is -4.30. The zero-order chi connectivity index (χ0) is 22.6. The van der Waals surface area contributed by atoms with Crippen LogP contribution in [-0.4, -0.2) is 9.55 Å². The van der Waals surface area contributed by atoms with Crippen LogP contribution in [0.2, 0.25) is 0 Å². The predicted molar refractivity (Wildman–Crippen MR) is 145 cm³/mol. The minimum atomic E-state index is 1.05. The number of rotatable bonds is 3. The number of benzene rings is 5. The number of nitrogens with zero attached hydrogens (tertiary/aromatic N) is 1. The molecule has 34 heavy (non-hydrogen) atoms. The molecule has 0 aliphatic rings. The molecular weight excluding hydrogens is 412 g/mol. The fraction of sp³-hybridized carbons (Fsp3) is 0.0625. The molecule has 0 spiro atoms. The molecule has 7 aromatic rings. The van der Waals surface area contributed by atoms with E-state index in [1.54, 1.807) is 0 Å². The summed E-state index contributed by atoms with van der Waals surface area (Å²) >= 11 is 0. The third-order valence-corrected chi connectivity index (χ3v) is 7.11. The Bertz CT molecular complexity index is 1830. The number of aryl methyl sites for hydroxylation is 1. The van der Waals surface area contributed by atoms with Gasteiger partial charge in [-0.25, -0.2) is 0 Å². The molecule has 0 fully saturated rings. The predicted octanol–water partition coefficient (Wildman–Crippen LogP) is 8.65. The summed E-state index contributed by atoms with van der Waals surface area (Å²) in [6, 6.07) is 39.8. The second-order valence-corrected chi connectivity index (χ2v) is 9.04. The first-order chi connectivity index (χ1) is 16.8. The molecule has 5 aromatic carbocycles. The molecule has 0 saturated heterocycles. The fourth-order valence-corrected chi connectivity index (χ4v) is 5.34. The number of hydrogen-bond acceptors (Lipinski definition) is 0. The highest BCUT2D eigenvalue weighted by Crippen LogP contribution is 2.36. The van der Waals surface area contributed by atoms with Gasteiger partial charge in [-0.3, -0.25) is 0 Å². The standard InChI is InChI=1S/C32H24N2/c1-2-21-11-15-24(16-12-21)34-31-10-6-4-8-26(31)28-20-23(14-18-32(28)34)22-13-17-30-27(19-22)25-7-3-5-9-29(25)33-30/h3-20,33H,2H2,1H3. The molecule has 0 radical (unpaired) electrons. The van der Waals surface area contributed by atoms with Crippen molar-refractivity contribution in [1.82, 2.24) is 9.55 Å². The number of H-pyrrole nitrogens is 1. The van der Waals surface area contributed by atoms with E-state index in [1.165, 1.54) is 66.0 Å². The van der Waals surface area contributed by atoms with Gasteiger partial charge in [-0.05, 0) is 71.6 Å². The van der Waals surface area contributed by atoms with Crippen LogP contribution in [0.15, 0.2) is 109 Å². The molecule has 162 valence electrons. The van der Waals surface area contributed by atoms with Crippen LogP contribution in [0, 0.1) is 0 Å². The van der Waals surface area contributed by atoms with Gasteiger partial charge in [-0.1, -0.05) is 67.6 Å². The average Bonchev–Trinajstić information content (AvgIpc) is 3.43. The smallest absolute Gasteiger partial charge is 0.0541 e. The molecule has 7 rings (SSSR count). The van der Waals surface area contributed by atoms with Crippen molar-refractivity contribution >= 4 is 43.6 Å². The summed E-state index contributed by atoms with van der Waals surface area (Å²) in [4.78, 5) is 3.54. The number of hydrogen-bond donors (Lipinski definition) is 1. The SMILES string of the molecule is CCc1ccc(-n2c3ccccc3c3cc(-c4ccc5[nH]c6ccccc6c5c4)ccc32)cc1. The number of fused-ring (bicyclic) bond motifs is 6. The van der Waals surface area contributed by atoms with Crippen LogP contribution in [0.1, 0.15) is 12.5 Å². The van der Waals surface area contributed by atoms with E-state index < -0.39 is 0 Å². The second kappa shape index (κ2) is 7.36. The lowest BCUT2D eigenvalue weighted by Crippen LogP contribution is -1.94. The molecule has 0 saturated carbocycles. The molecule has 0 atom stereocenters. The number of nitrogens with one attached hydrogen (secondary N) is 1. The molecule has 0 aliphatic heterocycles. The summed E-state index contributed by atoms with van der Waals surface area (Å²) in [6.07, 6.45) is 1.05. The highest BCUT2D eigenvalue weighted by Gasteiger charge is 2.13. The van der Waals surface area contributed by atoms with Gasteiger partial charge in [0, 0.05) is 38.3 Å². The Morgan fingerprint density at radius 3 is 2.03 bits per heavy atom. The summed E-state index contributed by atoms with van der Waals surface area (Å²) < 4.78 is 2.39. The second-order valence-electron chi connectivity index (χ2n) is 9.04. The van der Waals surface area contributed by atoms with Crippen LogP contribution >= 0.6 is 0 Å². The molecule has 2 heteroatoms. The Morgan fingerprint density at radius 2 is 1.21 bits per heavy atom. The van der Waals surface area contributed by atoms with Crippen molar-refractivity contribution in [2.24, 2.45) is 0 Å². The number of aromatic amines is 1. The minimum absolute atomic E-state index is 1.05. The van der Waals surface area contributed by atoms with Crippen molar-refractivity contribution < 1.29 is 0 Å². The average molecular weight is 437 g/mol. The molecule has 2 nitrogen and oxygen atoms in total. The first kappa shape index (κ1) is 19.2. The Balaban J connectivity index is 1.45. The first-order valence-electron chi connectivity index (χ1n) is 11.9. The van der Waals surface area contributed by atoms with Crippen LogP contribution < -0.4 is 0 Å². The lowest BCUT2D eigenvalue weighted by atomic mass is 10.0. The van der Waals surface area contributed by atoms with Crippen molar-refractivity contribution in [2.45, 2.75) is 13.3 Å². The number of para-hydroxylation sites is 2. The molecule has 2 heterocycles. The topological polar surface area (TPSA) is 20.7 Å². The molecule has 2 aromatic heterocycles. The van der Waals surface area contributed by atoms with Gasteiger partial charge in [0.15, 0.2) is 0 Å². The quantitative estimate of drug-likeness (QED) is 0.286. The third kappa shape index (κ3) is 2.82. The van der Waals surface area contributed by atoms with Crippen LogP contribution in [-0.2, 0) is 6.42 Å². The van der Waals surface area contributed by atoms with E-state index in [9.17, 15) is 0 Å². The zero-order valence-electron chi connectivity index (χ0n) is 19.0. The number of aromatic nitrogens is 2. The Kier molecular flexibility index (Phi) is 4.16. The van der Waals surface area contributed by atoms with Crippen molar-refractivity contribution in [1.29, 1.82) is 0 Å². The van der Waals surface area contributed by atoms with Crippen LogP contribution in [0.5, 0.6) is 0 Å². The fourth-order valence-electron chi connectivity index (χ4n) is 5.34. The lowest BCUT2D eigenvalue weighted by molar-refractivity contribution is 1.12. The molecular formula is C32H24N2. The highest BCUT2D eigenvalue weighted by molar-refractivity contribution is 6.11. The monoisotopic (exact) mass is 436 g/mol. The summed E-state index contributed by atoms with van der Waals surface area (Å²) in [5.41, 5.74) is 9.89. The van der Waals surface area contributed by atoms with Crippen LogP contribution in [0.3, 0.4) is 0 Å². The van der Waals surface area contributed by atoms with Crippen LogP contribution in [0.25, 0.3) is 60.4 Å². The van der Waals surface area contributed by atoms with Gasteiger partial charge in [-0.15, -0.1) is 0 Å². The third-order valence-electron chi connectivity index (χ3n) is 7.11. The summed E-state index contributed by atoms with van der Waals surface area (Å²) in [6.45, 7) is 2.20. The summed E-state index contributed by atoms with van der Waals surface area (Å²) in [5.74, 6) is 0. The van der Waals surface area contributed by atoms with Gasteiger partial charge in [0.1, 0.15) is 0 Å². The van der Waals surface area contributed by atoms with Crippen molar-refractivity contribution in [3.05, 3.63) is 115 Å². The molecule has 0 unspecified atom stereocenters. The van der Waals surface area contributed by atoms with Crippen LogP contribution in [0.4, 0.5) is 0 Å². The Labute approximate surface area is 198 Å². The molecule has 0 aliphatic carbocycles. The van der Waals surface area contributed by atoms with Crippen molar-refractivity contribution in [2.75, 3.05) is 0 Å². The van der Waals surface area contributed by atoms with Gasteiger partial charge in [0.05, 0.1) is 11.0 Å². The maximum absolute atomic E-state index is 3.54. The van der Waals surface area contributed by atoms with Gasteiger partial charge >= 0.3 is 0 Å². The van der Waals surface area contributed by atoms with Crippen molar-refractivity contribution in [3.63, 3.8) is 0 Å². The molecule has 1 N–H and O–H groups in total. The minimum Gasteiger partial charge on any atom is -0.355 e. The van der Waals surface area contributed by atoms with Gasteiger partial charge < -0.3 is 9.55 Å². The summed E-state index contributed by atoms with van der Waals surface area (Å²) in [5, 5.41) is 5.11. The van der Waals surface area contributed by atoms with Gasteiger partial charge in [0.25, 0.3) is 0 Å². The van der Waals surface area contributed by atoms with Crippen molar-refractivity contribution in [3.8, 4) is 16.8 Å². The summed E-state index contributed by atoms with van der Waals surface area (Å²) in [7, 11) is 0. The maximum atomic E-state index is 3.54. The largest absolute Gasteiger partial charge is 0.355 e. The zero-order valence-corrected chi connectivity index (χ0v) is 19.0. The van der Waals surface area contributed by atoms with E-state index in [0.29, 0.717) is 0 Å². The first-order valence-corrected chi connectivity index (χ1v) is 11.9. The highest BCUT2D eigenvalue weighted by atomic mass is 15.0. The Morgan fingerprint density at radius 1 is 0.559 bits per heavy atom. The lowest BCUT2D eigenvalue weighted by Gasteiger charge is -2.09. The molecule has 0 bridgehead atoms. The van der Waals surface area contributed by atoms with E-state index in [-0.39, 0.29) is 0 Å². The van der Waals surface area contributed by atoms with E-state index in [2.05, 4.69) is 126 Å². The van der Waals surface area contributed by atoms with E-state index in [4.69, 9.17) is 0 Å². The van der Waals surface area contributed by atoms with Gasteiger partial charge in [-0.2, -0.15) is 0 Å². The molecule has 0 amide bonds. The normalized spacial score (nSPS) is 11.8. The van der Waals surface area contributed by atoms with E-state index in [1.807, 2.05) is 0 Å².